The van der Waals surface area contributed by atoms with Crippen molar-refractivity contribution >= 4 is 24.3 Å². The largest absolute Gasteiger partial charge is 0.341 e. The van der Waals surface area contributed by atoms with Gasteiger partial charge in [0, 0.05) is 25.5 Å². The van der Waals surface area contributed by atoms with Crippen LogP contribution in [-0.2, 0) is 4.79 Å². The van der Waals surface area contributed by atoms with Gasteiger partial charge in [-0.25, -0.2) is 15.0 Å². The first-order valence-electron chi connectivity index (χ1n) is 6.00. The summed E-state index contributed by atoms with van der Waals surface area (Å²) in [5.74, 6) is 0.205. The Bertz CT molecular complexity index is 455. The van der Waals surface area contributed by atoms with Crippen LogP contribution in [-0.4, -0.2) is 42.3 Å². The number of aliphatic imine (C=N–C) groups is 3. The number of dihydropyridines is 1. The summed E-state index contributed by atoms with van der Waals surface area (Å²) in [6.45, 7) is 2.02. The Morgan fingerprint density at radius 2 is 2.00 bits per heavy atom. The highest BCUT2D eigenvalue weighted by atomic mass is 16.1. The Kier molecular flexibility index (Phi) is 2.59. The molecule has 1 unspecified atom stereocenters. The smallest absolute Gasteiger partial charge is 0.260 e. The van der Waals surface area contributed by atoms with Crippen molar-refractivity contribution in [3.05, 3.63) is 11.8 Å². The first-order chi connectivity index (χ1) is 8.34. The highest BCUT2D eigenvalue weighted by Gasteiger charge is 2.27. The number of allylic oxidation sites excluding steroid dienone is 1. The summed E-state index contributed by atoms with van der Waals surface area (Å²) in [4.78, 5) is 26.2. The van der Waals surface area contributed by atoms with Gasteiger partial charge in [-0.05, 0) is 25.3 Å². The van der Waals surface area contributed by atoms with E-state index in [2.05, 4.69) is 19.9 Å². The quantitative estimate of drug-likeness (QED) is 0.624. The number of piperidine rings is 1. The molecule has 5 heteroatoms. The molecular formula is C12H14N4O. The molecule has 3 aliphatic rings. The normalized spacial score (nSPS) is 27.6. The fraction of sp³-hybridized carbons (Fsp3) is 0.500. The molecule has 1 amide bonds. The van der Waals surface area contributed by atoms with E-state index in [1.54, 1.807) is 12.3 Å². The van der Waals surface area contributed by atoms with E-state index >= 15 is 0 Å². The maximum Gasteiger partial charge on any atom is 0.260 e. The highest BCUT2D eigenvalue weighted by Crippen LogP contribution is 2.21. The van der Waals surface area contributed by atoms with Gasteiger partial charge in [-0.2, -0.15) is 0 Å². The number of fused-ring (bicyclic) bond motifs is 1. The average molecular weight is 230 g/mol. The SMILES string of the molecule is O=C1N=CC=C2N=C(N3CCCCC3)N=CC12. The lowest BCUT2D eigenvalue weighted by Crippen LogP contribution is -2.37. The van der Waals surface area contributed by atoms with Crippen molar-refractivity contribution in [2.24, 2.45) is 20.9 Å². The number of hydrogen-bond donors (Lipinski definition) is 0. The van der Waals surface area contributed by atoms with Crippen LogP contribution in [0.4, 0.5) is 0 Å². The van der Waals surface area contributed by atoms with E-state index in [0.29, 0.717) is 0 Å². The summed E-state index contributed by atoms with van der Waals surface area (Å²) in [7, 11) is 0. The maximum absolute atomic E-state index is 11.5. The van der Waals surface area contributed by atoms with Crippen molar-refractivity contribution in [1.29, 1.82) is 0 Å². The number of nitrogens with zero attached hydrogens (tertiary/aromatic N) is 4. The number of amides is 1. The minimum atomic E-state index is -0.367. The Morgan fingerprint density at radius 3 is 2.82 bits per heavy atom. The van der Waals surface area contributed by atoms with E-state index in [1.165, 1.54) is 25.5 Å². The minimum absolute atomic E-state index is 0.173. The third kappa shape index (κ3) is 1.92. The van der Waals surface area contributed by atoms with Crippen LogP contribution < -0.4 is 0 Å². The molecule has 0 aromatic carbocycles. The zero-order chi connectivity index (χ0) is 11.7. The Balaban J connectivity index is 1.84. The Hall–Kier alpha value is -1.78. The van der Waals surface area contributed by atoms with E-state index in [9.17, 15) is 4.79 Å². The Labute approximate surface area is 99.7 Å². The van der Waals surface area contributed by atoms with Crippen molar-refractivity contribution < 1.29 is 4.79 Å². The van der Waals surface area contributed by atoms with Crippen LogP contribution in [0.1, 0.15) is 19.3 Å². The molecular weight excluding hydrogens is 216 g/mol. The van der Waals surface area contributed by atoms with E-state index < -0.39 is 0 Å². The zero-order valence-corrected chi connectivity index (χ0v) is 9.54. The van der Waals surface area contributed by atoms with Crippen LogP contribution in [0.3, 0.4) is 0 Å². The topological polar surface area (TPSA) is 57.4 Å². The molecule has 3 aliphatic heterocycles. The first kappa shape index (κ1) is 10.4. The third-order valence-electron chi connectivity index (χ3n) is 3.24. The van der Waals surface area contributed by atoms with Crippen molar-refractivity contribution in [2.75, 3.05) is 13.1 Å². The summed E-state index contributed by atoms with van der Waals surface area (Å²) in [5.41, 5.74) is 0.764. The number of likely N-dealkylation sites (tertiary alicyclic amines) is 1. The van der Waals surface area contributed by atoms with Gasteiger partial charge < -0.3 is 4.90 Å². The lowest BCUT2D eigenvalue weighted by atomic mass is 10.0. The lowest BCUT2D eigenvalue weighted by Gasteiger charge is -2.29. The van der Waals surface area contributed by atoms with Crippen LogP contribution in [0, 0.1) is 5.92 Å². The predicted octanol–water partition coefficient (Wildman–Crippen LogP) is 1.02. The molecule has 5 nitrogen and oxygen atoms in total. The molecule has 0 saturated carbocycles. The second-order valence-electron chi connectivity index (χ2n) is 4.42. The number of carbonyl (C=O) groups is 1. The van der Waals surface area contributed by atoms with E-state index in [-0.39, 0.29) is 11.8 Å². The molecule has 1 atom stereocenters. The van der Waals surface area contributed by atoms with Gasteiger partial charge >= 0.3 is 0 Å². The van der Waals surface area contributed by atoms with Gasteiger partial charge in [0.15, 0.2) is 0 Å². The molecule has 1 fully saturated rings. The maximum atomic E-state index is 11.5. The zero-order valence-electron chi connectivity index (χ0n) is 9.54. The van der Waals surface area contributed by atoms with Crippen molar-refractivity contribution in [2.45, 2.75) is 19.3 Å². The van der Waals surface area contributed by atoms with E-state index in [1.807, 2.05) is 0 Å². The fourth-order valence-corrected chi connectivity index (χ4v) is 2.28. The molecule has 3 rings (SSSR count). The molecule has 0 N–H and O–H groups in total. The molecule has 0 bridgehead atoms. The first-order valence-corrected chi connectivity index (χ1v) is 6.00. The van der Waals surface area contributed by atoms with Crippen LogP contribution in [0.5, 0.6) is 0 Å². The molecule has 0 aromatic heterocycles. The summed E-state index contributed by atoms with van der Waals surface area (Å²) in [6.07, 6.45) is 8.65. The minimum Gasteiger partial charge on any atom is -0.341 e. The summed E-state index contributed by atoms with van der Waals surface area (Å²) < 4.78 is 0. The van der Waals surface area contributed by atoms with Gasteiger partial charge in [0.1, 0.15) is 5.92 Å². The van der Waals surface area contributed by atoms with Crippen LogP contribution in [0.2, 0.25) is 0 Å². The van der Waals surface area contributed by atoms with Crippen molar-refractivity contribution in [1.82, 2.24) is 4.90 Å². The van der Waals surface area contributed by atoms with Crippen molar-refractivity contribution in [3.8, 4) is 0 Å². The summed E-state index contributed by atoms with van der Waals surface area (Å²) in [6, 6.07) is 0. The molecule has 0 aliphatic carbocycles. The van der Waals surface area contributed by atoms with Gasteiger partial charge in [0.25, 0.3) is 5.91 Å². The van der Waals surface area contributed by atoms with Crippen LogP contribution in [0.15, 0.2) is 26.8 Å². The summed E-state index contributed by atoms with van der Waals surface area (Å²) in [5, 5.41) is 0. The van der Waals surface area contributed by atoms with E-state index in [4.69, 9.17) is 0 Å². The highest BCUT2D eigenvalue weighted by molar-refractivity contribution is 6.08. The molecule has 3 heterocycles. The molecule has 88 valence electrons. The number of carbonyl (C=O) groups excluding carboxylic acids is 1. The average Bonchev–Trinajstić information content (AvgIpc) is 2.40. The Morgan fingerprint density at radius 1 is 1.18 bits per heavy atom. The number of rotatable bonds is 0. The number of hydrogen-bond acceptors (Lipinski definition) is 4. The molecule has 0 spiro atoms. The molecule has 17 heavy (non-hydrogen) atoms. The number of guanidine groups is 1. The van der Waals surface area contributed by atoms with E-state index in [0.717, 1.165) is 24.7 Å². The fourth-order valence-electron chi connectivity index (χ4n) is 2.28. The third-order valence-corrected chi connectivity index (χ3v) is 3.24. The monoisotopic (exact) mass is 230 g/mol. The lowest BCUT2D eigenvalue weighted by molar-refractivity contribution is -0.118. The van der Waals surface area contributed by atoms with Crippen LogP contribution >= 0.6 is 0 Å². The van der Waals surface area contributed by atoms with Gasteiger partial charge in [-0.15, -0.1) is 0 Å². The molecule has 0 radical (unpaired) electrons. The van der Waals surface area contributed by atoms with Gasteiger partial charge in [-0.1, -0.05) is 0 Å². The molecule has 1 saturated heterocycles. The standard InChI is InChI=1S/C12H14N4O/c17-11-9-8-14-12(15-10(9)4-5-13-11)16-6-2-1-3-7-16/h4-5,8-9H,1-3,6-7H2. The van der Waals surface area contributed by atoms with Crippen molar-refractivity contribution in [3.63, 3.8) is 0 Å². The second-order valence-corrected chi connectivity index (χ2v) is 4.42. The van der Waals surface area contributed by atoms with Gasteiger partial charge in [-0.3, -0.25) is 4.79 Å². The predicted molar refractivity (Wildman–Crippen MR) is 66.4 cm³/mol. The molecule has 0 aromatic rings. The van der Waals surface area contributed by atoms with Gasteiger partial charge in [0.2, 0.25) is 5.96 Å². The van der Waals surface area contributed by atoms with Gasteiger partial charge in [0.05, 0.1) is 5.70 Å². The van der Waals surface area contributed by atoms with Crippen LogP contribution in [0.25, 0.3) is 0 Å². The summed E-state index contributed by atoms with van der Waals surface area (Å²) >= 11 is 0. The second kappa shape index (κ2) is 4.24.